The Morgan fingerprint density at radius 1 is 1.07 bits per heavy atom. The Labute approximate surface area is 196 Å². The SMILES string of the molecule is CN=C(NCCc1cc(OC)ccc1OC)NCc1ccc(S(C)(=O)=O)c(C)c1.I. The molecular formula is C21H30IN3O4S. The number of aliphatic imine (C=N–C) groups is 1. The molecule has 0 aliphatic carbocycles. The zero-order valence-electron chi connectivity index (χ0n) is 18.0. The molecule has 0 aliphatic heterocycles. The minimum absolute atomic E-state index is 0. The molecule has 0 aromatic heterocycles. The van der Waals surface area contributed by atoms with E-state index >= 15 is 0 Å². The summed E-state index contributed by atoms with van der Waals surface area (Å²) in [4.78, 5) is 4.59. The van der Waals surface area contributed by atoms with Crippen molar-refractivity contribution >= 4 is 39.8 Å². The summed E-state index contributed by atoms with van der Waals surface area (Å²) in [6.45, 7) is 3.00. The highest BCUT2D eigenvalue weighted by Crippen LogP contribution is 2.24. The zero-order chi connectivity index (χ0) is 21.4. The maximum atomic E-state index is 11.7. The summed E-state index contributed by atoms with van der Waals surface area (Å²) in [6.07, 6.45) is 1.96. The molecule has 2 aromatic carbocycles. The van der Waals surface area contributed by atoms with Crippen LogP contribution in [0.5, 0.6) is 11.5 Å². The first-order valence-electron chi connectivity index (χ1n) is 9.23. The average molecular weight is 547 g/mol. The lowest BCUT2D eigenvalue weighted by Crippen LogP contribution is -2.37. The van der Waals surface area contributed by atoms with Crippen LogP contribution in [0.1, 0.15) is 16.7 Å². The van der Waals surface area contributed by atoms with E-state index < -0.39 is 9.84 Å². The highest BCUT2D eigenvalue weighted by molar-refractivity contribution is 14.0. The van der Waals surface area contributed by atoms with Crippen LogP contribution in [0, 0.1) is 6.92 Å². The molecule has 7 nitrogen and oxygen atoms in total. The van der Waals surface area contributed by atoms with Crippen LogP contribution in [-0.4, -0.2) is 48.4 Å². The molecule has 0 fully saturated rings. The van der Waals surface area contributed by atoms with Gasteiger partial charge in [0.15, 0.2) is 15.8 Å². The fourth-order valence-electron chi connectivity index (χ4n) is 3.04. The number of halogens is 1. The van der Waals surface area contributed by atoms with Crippen molar-refractivity contribution < 1.29 is 17.9 Å². The van der Waals surface area contributed by atoms with E-state index in [-0.39, 0.29) is 24.0 Å². The van der Waals surface area contributed by atoms with E-state index in [1.807, 2.05) is 30.3 Å². The van der Waals surface area contributed by atoms with Crippen LogP contribution in [0.4, 0.5) is 0 Å². The van der Waals surface area contributed by atoms with Crippen LogP contribution in [0.15, 0.2) is 46.3 Å². The lowest BCUT2D eigenvalue weighted by atomic mass is 10.1. The van der Waals surface area contributed by atoms with Crippen molar-refractivity contribution in [1.29, 1.82) is 0 Å². The van der Waals surface area contributed by atoms with E-state index in [2.05, 4.69) is 15.6 Å². The molecule has 0 saturated heterocycles. The second-order valence-corrected chi connectivity index (χ2v) is 8.64. The highest BCUT2D eigenvalue weighted by atomic mass is 127. The average Bonchev–Trinajstić information content (AvgIpc) is 2.69. The summed E-state index contributed by atoms with van der Waals surface area (Å²) in [5, 5.41) is 6.52. The topological polar surface area (TPSA) is 89.0 Å². The Bertz CT molecular complexity index is 978. The normalized spacial score (nSPS) is 11.4. The Morgan fingerprint density at radius 2 is 1.80 bits per heavy atom. The number of guanidine groups is 1. The minimum Gasteiger partial charge on any atom is -0.497 e. The quantitative estimate of drug-likeness (QED) is 0.300. The number of nitrogens with zero attached hydrogens (tertiary/aromatic N) is 1. The van der Waals surface area contributed by atoms with Crippen molar-refractivity contribution in [1.82, 2.24) is 10.6 Å². The molecule has 0 amide bonds. The first-order valence-corrected chi connectivity index (χ1v) is 11.1. The van der Waals surface area contributed by atoms with Crippen LogP contribution >= 0.6 is 24.0 Å². The third-order valence-electron chi connectivity index (χ3n) is 4.50. The van der Waals surface area contributed by atoms with E-state index in [1.165, 1.54) is 6.26 Å². The van der Waals surface area contributed by atoms with Gasteiger partial charge in [-0.05, 0) is 54.3 Å². The Morgan fingerprint density at radius 3 is 2.37 bits per heavy atom. The number of ether oxygens (including phenoxy) is 2. The lowest BCUT2D eigenvalue weighted by Gasteiger charge is -2.14. The Hall–Kier alpha value is -2.01. The van der Waals surface area contributed by atoms with Gasteiger partial charge in [0.05, 0.1) is 19.1 Å². The van der Waals surface area contributed by atoms with Crippen molar-refractivity contribution in [3.8, 4) is 11.5 Å². The number of aryl methyl sites for hydroxylation is 1. The van der Waals surface area contributed by atoms with Crippen molar-refractivity contribution in [2.45, 2.75) is 24.8 Å². The van der Waals surface area contributed by atoms with Crippen LogP contribution in [0.3, 0.4) is 0 Å². The molecule has 9 heteroatoms. The van der Waals surface area contributed by atoms with Gasteiger partial charge in [-0.1, -0.05) is 12.1 Å². The largest absolute Gasteiger partial charge is 0.497 e. The predicted molar refractivity (Wildman–Crippen MR) is 131 cm³/mol. The summed E-state index contributed by atoms with van der Waals surface area (Å²) < 4.78 is 34.2. The van der Waals surface area contributed by atoms with Gasteiger partial charge in [0.1, 0.15) is 11.5 Å². The molecule has 2 aromatic rings. The van der Waals surface area contributed by atoms with Crippen molar-refractivity contribution in [2.75, 3.05) is 34.1 Å². The van der Waals surface area contributed by atoms with Crippen molar-refractivity contribution in [3.05, 3.63) is 53.1 Å². The molecule has 0 radical (unpaired) electrons. The number of rotatable bonds is 8. The highest BCUT2D eigenvalue weighted by Gasteiger charge is 2.11. The smallest absolute Gasteiger partial charge is 0.191 e. The second kappa shape index (κ2) is 12.0. The summed E-state index contributed by atoms with van der Waals surface area (Å²) >= 11 is 0. The van der Waals surface area contributed by atoms with E-state index in [0.717, 1.165) is 34.6 Å². The molecule has 30 heavy (non-hydrogen) atoms. The van der Waals surface area contributed by atoms with Gasteiger partial charge in [0.2, 0.25) is 0 Å². The van der Waals surface area contributed by atoms with Gasteiger partial charge in [0.25, 0.3) is 0 Å². The van der Waals surface area contributed by atoms with Gasteiger partial charge in [-0.25, -0.2) is 8.42 Å². The third kappa shape index (κ3) is 7.35. The number of benzene rings is 2. The molecule has 0 aliphatic rings. The van der Waals surface area contributed by atoms with Crippen LogP contribution in [0.2, 0.25) is 0 Å². The van der Waals surface area contributed by atoms with Crippen LogP contribution in [0.25, 0.3) is 0 Å². The number of nitrogens with one attached hydrogen (secondary N) is 2. The molecule has 0 heterocycles. The van der Waals surface area contributed by atoms with Crippen molar-refractivity contribution in [2.24, 2.45) is 4.99 Å². The fraction of sp³-hybridized carbons (Fsp3) is 0.381. The second-order valence-electron chi connectivity index (χ2n) is 6.65. The van der Waals surface area contributed by atoms with Gasteiger partial charge < -0.3 is 20.1 Å². The number of hydrogen-bond donors (Lipinski definition) is 2. The maximum Gasteiger partial charge on any atom is 0.191 e. The first kappa shape index (κ1) is 26.0. The van der Waals surface area contributed by atoms with E-state index in [0.29, 0.717) is 23.9 Å². The third-order valence-corrected chi connectivity index (χ3v) is 5.75. The summed E-state index contributed by atoms with van der Waals surface area (Å²) in [6, 6.07) is 11.1. The molecule has 0 spiro atoms. The molecule has 0 bridgehead atoms. The summed E-state index contributed by atoms with van der Waals surface area (Å²) in [7, 11) is 1.78. The standard InChI is InChI=1S/C21H29N3O4S.HI/c1-15-12-16(6-9-20(15)29(5,25)26)14-24-21(22-2)23-11-10-17-13-18(27-3)7-8-19(17)28-4;/h6-9,12-13H,10-11,14H2,1-5H3,(H2,22,23,24);1H. The molecule has 0 atom stereocenters. The van der Waals surface area contributed by atoms with Crippen LogP contribution in [-0.2, 0) is 22.8 Å². The van der Waals surface area contributed by atoms with Gasteiger partial charge in [0, 0.05) is 26.4 Å². The van der Waals surface area contributed by atoms with Crippen LogP contribution < -0.4 is 20.1 Å². The predicted octanol–water partition coefficient (Wildman–Crippen LogP) is 2.94. The molecule has 2 rings (SSSR count). The number of methoxy groups -OCH3 is 2. The molecule has 0 saturated carbocycles. The Kier molecular flexibility index (Phi) is 10.4. The van der Waals surface area contributed by atoms with Gasteiger partial charge in [-0.2, -0.15) is 0 Å². The Balaban J connectivity index is 0.00000450. The summed E-state index contributed by atoms with van der Waals surface area (Å²) in [5.41, 5.74) is 2.76. The first-order chi connectivity index (χ1) is 13.8. The zero-order valence-corrected chi connectivity index (χ0v) is 21.1. The number of sulfone groups is 1. The van der Waals surface area contributed by atoms with E-state index in [1.54, 1.807) is 34.3 Å². The maximum absolute atomic E-state index is 11.7. The van der Waals surface area contributed by atoms with Gasteiger partial charge in [-0.3, -0.25) is 4.99 Å². The minimum atomic E-state index is -3.21. The van der Waals surface area contributed by atoms with Gasteiger partial charge >= 0.3 is 0 Å². The number of hydrogen-bond acceptors (Lipinski definition) is 5. The molecule has 0 unspecified atom stereocenters. The fourth-order valence-corrected chi connectivity index (χ4v) is 4.00. The lowest BCUT2D eigenvalue weighted by molar-refractivity contribution is 0.398. The summed E-state index contributed by atoms with van der Waals surface area (Å²) in [5.74, 6) is 2.27. The molecular weight excluding hydrogens is 517 g/mol. The van der Waals surface area contributed by atoms with Gasteiger partial charge in [-0.15, -0.1) is 24.0 Å². The molecule has 166 valence electrons. The van der Waals surface area contributed by atoms with Crippen molar-refractivity contribution in [3.63, 3.8) is 0 Å². The van der Waals surface area contributed by atoms with E-state index in [4.69, 9.17) is 9.47 Å². The molecule has 2 N–H and O–H groups in total. The monoisotopic (exact) mass is 547 g/mol. The van der Waals surface area contributed by atoms with E-state index in [9.17, 15) is 8.42 Å².